The van der Waals surface area contributed by atoms with Crippen molar-refractivity contribution in [2.75, 3.05) is 13.2 Å². The second-order valence-electron chi connectivity index (χ2n) is 10.8. The first-order valence-corrected chi connectivity index (χ1v) is 16.8. The van der Waals surface area contributed by atoms with Gasteiger partial charge in [0.25, 0.3) is 0 Å². The first kappa shape index (κ1) is 32.1. The molecule has 5 nitrogen and oxygen atoms in total. The van der Waals surface area contributed by atoms with Gasteiger partial charge in [0.15, 0.2) is 0 Å². The number of hydrogen-bond donors (Lipinski definition) is 2. The fourth-order valence-corrected chi connectivity index (χ4v) is 6.55. The zero-order valence-corrected chi connectivity index (χ0v) is 27.3. The predicted octanol–water partition coefficient (Wildman–Crippen LogP) is 10.4. The average Bonchev–Trinajstić information content (AvgIpc) is 3.11. The minimum Gasteiger partial charge on any atom is -0.508 e. The largest absolute Gasteiger partial charge is 0.508 e. The van der Waals surface area contributed by atoms with Crippen LogP contribution >= 0.6 is 24.1 Å². The van der Waals surface area contributed by atoms with E-state index in [1.807, 2.05) is 97.1 Å². The first-order chi connectivity index (χ1) is 23.1. The van der Waals surface area contributed by atoms with E-state index in [1.165, 1.54) is 35.2 Å². The topological polar surface area (TPSA) is 68.2 Å². The van der Waals surface area contributed by atoms with Crippen molar-refractivity contribution in [1.82, 2.24) is 0 Å². The highest BCUT2D eigenvalue weighted by Crippen LogP contribution is 2.41. The molecule has 0 spiro atoms. The molecule has 0 atom stereocenters. The Labute approximate surface area is 284 Å². The predicted molar refractivity (Wildman–Crippen MR) is 191 cm³/mol. The van der Waals surface area contributed by atoms with Gasteiger partial charge in [-0.15, -0.1) is 0 Å². The van der Waals surface area contributed by atoms with Crippen LogP contribution in [0, 0.1) is 0 Å². The van der Waals surface area contributed by atoms with Gasteiger partial charge in [-0.1, -0.05) is 84.9 Å². The molecule has 0 aliphatic rings. The maximum absolute atomic E-state index is 10.3. The van der Waals surface area contributed by atoms with Gasteiger partial charge in [-0.2, -0.15) is 0 Å². The molecule has 0 fully saturated rings. The molecule has 236 valence electrons. The van der Waals surface area contributed by atoms with Crippen molar-refractivity contribution >= 4 is 24.1 Å². The summed E-state index contributed by atoms with van der Waals surface area (Å²) < 4.78 is 18.0. The number of phenolic OH excluding ortho intramolecular Hbond substituents is 2. The SMILES string of the molecule is Oc1ccc(SOSc2ccc(O)cc2-c2ccc(OCCc3ccccc3)cc2)c(-c2ccc(OCCc3ccccc3)cc2)c1. The van der Waals surface area contributed by atoms with Gasteiger partial charge in [0.1, 0.15) is 23.0 Å². The molecule has 6 aromatic rings. The number of rotatable bonds is 14. The Morgan fingerprint density at radius 3 is 1.26 bits per heavy atom. The third kappa shape index (κ3) is 9.14. The Kier molecular flexibility index (Phi) is 11.0. The molecule has 0 aromatic heterocycles. The Morgan fingerprint density at radius 1 is 0.447 bits per heavy atom. The lowest BCUT2D eigenvalue weighted by Crippen LogP contribution is -2.01. The monoisotopic (exact) mass is 658 g/mol. The third-order valence-electron chi connectivity index (χ3n) is 7.51. The third-order valence-corrected chi connectivity index (χ3v) is 9.12. The van der Waals surface area contributed by atoms with Crippen molar-refractivity contribution in [2.45, 2.75) is 22.6 Å². The molecular weight excluding hydrogens is 625 g/mol. The first-order valence-electron chi connectivity index (χ1n) is 15.3. The van der Waals surface area contributed by atoms with Crippen LogP contribution in [0.4, 0.5) is 0 Å². The summed E-state index contributed by atoms with van der Waals surface area (Å²) in [5.74, 6) is 1.93. The molecule has 6 aromatic carbocycles. The van der Waals surface area contributed by atoms with Gasteiger partial charge in [0.05, 0.1) is 13.2 Å². The molecule has 6 rings (SSSR count). The van der Waals surface area contributed by atoms with Gasteiger partial charge < -0.3 is 19.7 Å². The summed E-state index contributed by atoms with van der Waals surface area (Å²) >= 11 is 2.43. The molecule has 0 aliphatic carbocycles. The molecule has 0 saturated carbocycles. The van der Waals surface area contributed by atoms with Crippen LogP contribution in [-0.2, 0) is 16.5 Å². The molecule has 0 radical (unpaired) electrons. The average molecular weight is 659 g/mol. The minimum absolute atomic E-state index is 0.175. The van der Waals surface area contributed by atoms with Crippen molar-refractivity contribution in [3.63, 3.8) is 0 Å². The Morgan fingerprint density at radius 2 is 0.851 bits per heavy atom. The van der Waals surface area contributed by atoms with Crippen LogP contribution in [0.15, 0.2) is 155 Å². The van der Waals surface area contributed by atoms with E-state index in [0.29, 0.717) is 13.2 Å². The van der Waals surface area contributed by atoms with Gasteiger partial charge in [0.2, 0.25) is 0 Å². The van der Waals surface area contributed by atoms with Crippen LogP contribution < -0.4 is 9.47 Å². The van der Waals surface area contributed by atoms with Crippen molar-refractivity contribution < 1.29 is 23.3 Å². The highest BCUT2D eigenvalue weighted by Gasteiger charge is 2.13. The number of ether oxygens (including phenoxy) is 2. The smallest absolute Gasteiger partial charge is 0.119 e. The van der Waals surface area contributed by atoms with Crippen molar-refractivity contribution in [3.05, 3.63) is 157 Å². The summed E-state index contributed by atoms with van der Waals surface area (Å²) in [5.41, 5.74) is 6.04. The highest BCUT2D eigenvalue weighted by atomic mass is 32.2. The number of phenols is 2. The fourth-order valence-electron chi connectivity index (χ4n) is 5.05. The molecule has 0 amide bonds. The number of aromatic hydroxyl groups is 2. The summed E-state index contributed by atoms with van der Waals surface area (Å²) in [7, 11) is 0. The lowest BCUT2D eigenvalue weighted by Gasteiger charge is -2.13. The van der Waals surface area contributed by atoms with Crippen LogP contribution in [-0.4, -0.2) is 23.4 Å². The molecule has 0 heterocycles. The normalized spacial score (nSPS) is 10.9. The van der Waals surface area contributed by atoms with Gasteiger partial charge in [-0.05, 0) is 82.9 Å². The van der Waals surface area contributed by atoms with Crippen LogP contribution in [0.3, 0.4) is 0 Å². The summed E-state index contributed by atoms with van der Waals surface area (Å²) in [5, 5.41) is 20.6. The quantitative estimate of drug-likeness (QED) is 0.113. The second kappa shape index (κ2) is 16.1. The van der Waals surface area contributed by atoms with Gasteiger partial charge in [-0.25, -0.2) is 3.63 Å². The fraction of sp³-hybridized carbons (Fsp3) is 0.100. The summed E-state index contributed by atoms with van der Waals surface area (Å²) in [6.45, 7) is 1.18. The zero-order chi connectivity index (χ0) is 32.3. The van der Waals surface area contributed by atoms with Gasteiger partial charge in [-0.3, -0.25) is 0 Å². The lowest BCUT2D eigenvalue weighted by atomic mass is 10.1. The molecule has 47 heavy (non-hydrogen) atoms. The van der Waals surface area contributed by atoms with Crippen LogP contribution in [0.25, 0.3) is 22.3 Å². The summed E-state index contributed by atoms with van der Waals surface area (Å²) in [6.07, 6.45) is 1.67. The Balaban J connectivity index is 1.07. The Hall–Kier alpha value is -4.82. The van der Waals surface area contributed by atoms with Crippen molar-refractivity contribution in [3.8, 4) is 45.3 Å². The number of benzene rings is 6. The second-order valence-corrected chi connectivity index (χ2v) is 12.6. The molecule has 0 aliphatic heterocycles. The summed E-state index contributed by atoms with van der Waals surface area (Å²) in [4.78, 5) is 1.70. The standard InChI is InChI=1S/C40H34O5S2/c41-33-15-21-39(37(27-33)31-11-17-35(18-12-31)43-25-23-29-7-3-1-4-8-29)46-45-47-40-22-16-34(42)28-38(40)32-13-19-36(20-14-32)44-26-24-30-9-5-2-6-10-30/h1-22,27-28,41-42H,23-26H2. The molecule has 0 saturated heterocycles. The minimum atomic E-state index is 0.175. The molecule has 7 heteroatoms. The van der Waals surface area contributed by atoms with Gasteiger partial charge in [0, 0.05) is 57.8 Å². The van der Waals surface area contributed by atoms with E-state index in [-0.39, 0.29) is 11.5 Å². The van der Waals surface area contributed by atoms with Crippen LogP contribution in [0.2, 0.25) is 0 Å². The van der Waals surface area contributed by atoms with E-state index in [9.17, 15) is 10.2 Å². The maximum atomic E-state index is 10.3. The maximum Gasteiger partial charge on any atom is 0.119 e. The van der Waals surface area contributed by atoms with E-state index in [4.69, 9.17) is 13.1 Å². The van der Waals surface area contributed by atoms with Crippen LogP contribution in [0.5, 0.6) is 23.0 Å². The lowest BCUT2D eigenvalue weighted by molar-refractivity contribution is 0.322. The molecule has 0 bridgehead atoms. The van der Waals surface area contributed by atoms with E-state index in [1.54, 1.807) is 24.3 Å². The Bertz CT molecular complexity index is 1720. The summed E-state index contributed by atoms with van der Waals surface area (Å²) in [6, 6.07) is 46.7. The molecule has 0 unspecified atom stereocenters. The number of hydrogen-bond acceptors (Lipinski definition) is 7. The van der Waals surface area contributed by atoms with Gasteiger partial charge >= 0.3 is 0 Å². The van der Waals surface area contributed by atoms with E-state index >= 15 is 0 Å². The highest BCUT2D eigenvalue weighted by molar-refractivity contribution is 8.08. The van der Waals surface area contributed by atoms with Crippen molar-refractivity contribution in [1.29, 1.82) is 0 Å². The van der Waals surface area contributed by atoms with E-state index < -0.39 is 0 Å². The zero-order valence-electron chi connectivity index (χ0n) is 25.6. The molecular formula is C40H34O5S2. The van der Waals surface area contributed by atoms with Crippen molar-refractivity contribution in [2.24, 2.45) is 0 Å². The van der Waals surface area contributed by atoms with E-state index in [0.717, 1.165) is 56.4 Å². The molecule has 2 N–H and O–H groups in total. The van der Waals surface area contributed by atoms with Crippen LogP contribution in [0.1, 0.15) is 11.1 Å². The van der Waals surface area contributed by atoms with E-state index in [2.05, 4.69) is 24.3 Å².